The zero-order chi connectivity index (χ0) is 14.4. The van der Waals surface area contributed by atoms with Crippen LogP contribution in [0.5, 0.6) is 0 Å². The van der Waals surface area contributed by atoms with Crippen molar-refractivity contribution in [2.24, 2.45) is 17.8 Å². The highest BCUT2D eigenvalue weighted by Crippen LogP contribution is 2.40. The van der Waals surface area contributed by atoms with Crippen molar-refractivity contribution < 1.29 is 13.5 Å². The molecule has 0 amide bonds. The van der Waals surface area contributed by atoms with Crippen LogP contribution >= 0.6 is 0 Å². The number of halogens is 2. The van der Waals surface area contributed by atoms with Gasteiger partial charge < -0.3 is 4.74 Å². The third kappa shape index (κ3) is 4.69. The van der Waals surface area contributed by atoms with Crippen LogP contribution in [0.4, 0.5) is 8.78 Å². The van der Waals surface area contributed by atoms with E-state index in [-0.39, 0.29) is 13.0 Å². The van der Waals surface area contributed by atoms with Gasteiger partial charge in [0.2, 0.25) is 0 Å². The molecule has 0 N–H and O–H groups in total. The van der Waals surface area contributed by atoms with Crippen molar-refractivity contribution in [3.63, 3.8) is 0 Å². The highest BCUT2D eigenvalue weighted by atomic mass is 19.3. The van der Waals surface area contributed by atoms with Gasteiger partial charge in [0.1, 0.15) is 0 Å². The Morgan fingerprint density at radius 1 is 1.05 bits per heavy atom. The molecule has 1 atom stereocenters. The lowest BCUT2D eigenvalue weighted by Gasteiger charge is -2.37. The summed E-state index contributed by atoms with van der Waals surface area (Å²) in [5, 5.41) is 0. The van der Waals surface area contributed by atoms with Crippen molar-refractivity contribution in [2.75, 3.05) is 6.61 Å². The molecule has 1 aliphatic heterocycles. The molecule has 0 aromatic heterocycles. The number of ether oxygens (including phenoxy) is 1. The molecule has 1 saturated carbocycles. The highest BCUT2D eigenvalue weighted by molar-refractivity contribution is 4.93. The second-order valence-electron chi connectivity index (χ2n) is 6.22. The fraction of sp³-hybridized carbons (Fsp3) is 0.765. The van der Waals surface area contributed by atoms with Crippen molar-refractivity contribution in [3.05, 3.63) is 24.8 Å². The first-order valence-corrected chi connectivity index (χ1v) is 7.90. The molecule has 1 nitrogen and oxygen atoms in total. The first-order valence-electron chi connectivity index (χ1n) is 7.90. The smallest absolute Gasteiger partial charge is 0.320 e. The molecule has 1 saturated heterocycles. The molecule has 0 aromatic carbocycles. The lowest BCUT2D eigenvalue weighted by Crippen LogP contribution is -2.35. The second-order valence-corrected chi connectivity index (χ2v) is 6.22. The van der Waals surface area contributed by atoms with Crippen LogP contribution in [0.3, 0.4) is 0 Å². The van der Waals surface area contributed by atoms with Gasteiger partial charge in [-0.25, -0.2) is 0 Å². The van der Waals surface area contributed by atoms with Crippen LogP contribution in [0.2, 0.25) is 0 Å². The molecule has 3 heteroatoms. The predicted molar refractivity (Wildman–Crippen MR) is 77.6 cm³/mol. The maximum atomic E-state index is 13.0. The molecule has 2 rings (SSSR count). The largest absolute Gasteiger partial charge is 0.355 e. The first kappa shape index (κ1) is 15.7. The van der Waals surface area contributed by atoms with E-state index in [4.69, 9.17) is 4.74 Å². The summed E-state index contributed by atoms with van der Waals surface area (Å²) in [6, 6.07) is 0. The molecule has 20 heavy (non-hydrogen) atoms. The minimum Gasteiger partial charge on any atom is -0.320 e. The van der Waals surface area contributed by atoms with Gasteiger partial charge >= 0.3 is 6.11 Å². The lowest BCUT2D eigenvalue weighted by atomic mass is 9.74. The number of unbranched alkanes of at least 4 members (excludes halogenated alkanes) is 1. The molecular formula is C17H26F2O. The Morgan fingerprint density at radius 3 is 2.40 bits per heavy atom. The van der Waals surface area contributed by atoms with E-state index in [1.165, 1.54) is 12.8 Å². The van der Waals surface area contributed by atoms with Gasteiger partial charge in [-0.15, -0.1) is 6.58 Å². The molecule has 2 aliphatic rings. The van der Waals surface area contributed by atoms with E-state index in [0.717, 1.165) is 25.7 Å². The minimum absolute atomic E-state index is 0.0982. The number of rotatable bonds is 5. The Hall–Kier alpha value is -0.700. The minimum atomic E-state index is -2.87. The molecule has 1 unspecified atom stereocenters. The van der Waals surface area contributed by atoms with E-state index >= 15 is 0 Å². The normalized spacial score (nSPS) is 34.2. The Labute approximate surface area is 121 Å². The van der Waals surface area contributed by atoms with E-state index in [1.807, 2.05) is 6.08 Å². The molecule has 1 aliphatic carbocycles. The van der Waals surface area contributed by atoms with E-state index in [2.05, 4.69) is 18.7 Å². The maximum Gasteiger partial charge on any atom is 0.355 e. The van der Waals surface area contributed by atoms with Gasteiger partial charge in [-0.3, -0.25) is 0 Å². The van der Waals surface area contributed by atoms with Gasteiger partial charge in [-0.2, -0.15) is 8.78 Å². The SMILES string of the molecule is C=CCC/C=C/C1CCC(C2CCC(F)(F)OC2)CC1. The summed E-state index contributed by atoms with van der Waals surface area (Å²) < 4.78 is 30.6. The Morgan fingerprint density at radius 2 is 1.80 bits per heavy atom. The number of hydrogen-bond donors (Lipinski definition) is 0. The summed E-state index contributed by atoms with van der Waals surface area (Å²) in [4.78, 5) is 0. The van der Waals surface area contributed by atoms with Gasteiger partial charge in [0, 0.05) is 6.42 Å². The second kappa shape index (κ2) is 7.35. The number of hydrogen-bond acceptors (Lipinski definition) is 1. The Balaban J connectivity index is 1.69. The maximum absolute atomic E-state index is 13.0. The zero-order valence-corrected chi connectivity index (χ0v) is 12.2. The molecule has 0 aromatic rings. The summed E-state index contributed by atoms with van der Waals surface area (Å²) in [5.41, 5.74) is 0. The van der Waals surface area contributed by atoms with E-state index in [1.54, 1.807) is 0 Å². The lowest BCUT2D eigenvalue weighted by molar-refractivity contribution is -0.272. The van der Waals surface area contributed by atoms with Crippen LogP contribution in [0.15, 0.2) is 24.8 Å². The third-order valence-electron chi connectivity index (χ3n) is 4.74. The number of alkyl halides is 2. The molecule has 2 fully saturated rings. The molecule has 114 valence electrons. The first-order chi connectivity index (χ1) is 9.61. The van der Waals surface area contributed by atoms with Crippen molar-refractivity contribution in [3.8, 4) is 0 Å². The molecule has 0 radical (unpaired) electrons. The third-order valence-corrected chi connectivity index (χ3v) is 4.74. The van der Waals surface area contributed by atoms with Crippen LogP contribution in [-0.2, 0) is 4.74 Å². The van der Waals surface area contributed by atoms with Gasteiger partial charge in [-0.1, -0.05) is 18.2 Å². The average molecular weight is 284 g/mol. The van der Waals surface area contributed by atoms with Crippen molar-refractivity contribution in [1.29, 1.82) is 0 Å². The van der Waals surface area contributed by atoms with Crippen LogP contribution in [-0.4, -0.2) is 12.7 Å². The van der Waals surface area contributed by atoms with E-state index < -0.39 is 6.11 Å². The summed E-state index contributed by atoms with van der Waals surface area (Å²) in [6.07, 6.45) is 11.0. The standard InChI is InChI=1S/C17H26F2O/c1-2-3-4-5-6-14-7-9-15(10-8-14)16-11-12-17(18,19)20-13-16/h2,5-6,14-16H,1,3-4,7-13H2/b6-5+. The monoisotopic (exact) mass is 284 g/mol. The van der Waals surface area contributed by atoms with Crippen LogP contribution in [0.25, 0.3) is 0 Å². The Kier molecular flexibility index (Phi) is 5.76. The highest BCUT2D eigenvalue weighted by Gasteiger charge is 2.39. The van der Waals surface area contributed by atoms with Crippen molar-refractivity contribution in [2.45, 2.75) is 57.5 Å². The number of allylic oxidation sites excluding steroid dienone is 3. The van der Waals surface area contributed by atoms with Crippen molar-refractivity contribution >= 4 is 0 Å². The molecule has 0 bridgehead atoms. The van der Waals surface area contributed by atoms with Crippen molar-refractivity contribution in [1.82, 2.24) is 0 Å². The fourth-order valence-electron chi connectivity index (χ4n) is 3.42. The van der Waals surface area contributed by atoms with Gasteiger partial charge in [-0.05, 0) is 62.7 Å². The summed E-state index contributed by atoms with van der Waals surface area (Å²) in [5.74, 6) is 1.62. The molecular weight excluding hydrogens is 258 g/mol. The summed E-state index contributed by atoms with van der Waals surface area (Å²) >= 11 is 0. The Bertz CT molecular complexity index is 320. The van der Waals surface area contributed by atoms with Crippen LogP contribution < -0.4 is 0 Å². The zero-order valence-electron chi connectivity index (χ0n) is 12.2. The molecule has 0 spiro atoms. The summed E-state index contributed by atoms with van der Waals surface area (Å²) in [7, 11) is 0. The quantitative estimate of drug-likeness (QED) is 0.489. The molecule has 1 heterocycles. The van der Waals surface area contributed by atoms with Gasteiger partial charge in [0.25, 0.3) is 0 Å². The predicted octanol–water partition coefficient (Wildman–Crippen LogP) is 5.33. The fourth-order valence-corrected chi connectivity index (χ4v) is 3.42. The van der Waals surface area contributed by atoms with Gasteiger partial charge in [0.05, 0.1) is 6.61 Å². The van der Waals surface area contributed by atoms with Gasteiger partial charge in [0.15, 0.2) is 0 Å². The van der Waals surface area contributed by atoms with E-state index in [0.29, 0.717) is 24.2 Å². The van der Waals surface area contributed by atoms with Crippen LogP contribution in [0, 0.1) is 17.8 Å². The average Bonchev–Trinajstić information content (AvgIpc) is 2.45. The van der Waals surface area contributed by atoms with E-state index in [9.17, 15) is 8.78 Å². The van der Waals surface area contributed by atoms with Crippen LogP contribution in [0.1, 0.15) is 51.4 Å². The topological polar surface area (TPSA) is 9.23 Å². The summed E-state index contributed by atoms with van der Waals surface area (Å²) in [6.45, 7) is 3.97.